The van der Waals surface area contributed by atoms with E-state index in [9.17, 15) is 9.59 Å². The molecular formula is C14H19N3O3S. The van der Waals surface area contributed by atoms with E-state index in [1.54, 1.807) is 4.68 Å². The molecule has 0 saturated heterocycles. The van der Waals surface area contributed by atoms with Crippen LogP contribution in [0.5, 0.6) is 0 Å². The van der Waals surface area contributed by atoms with Gasteiger partial charge in [-0.1, -0.05) is 6.42 Å². The van der Waals surface area contributed by atoms with E-state index in [0.717, 1.165) is 28.8 Å². The molecule has 0 fully saturated rings. The number of carbonyl (C=O) groups is 2. The minimum Gasteiger partial charge on any atom is -0.481 e. The van der Waals surface area contributed by atoms with Gasteiger partial charge in [-0.25, -0.2) is 0 Å². The summed E-state index contributed by atoms with van der Waals surface area (Å²) in [5.41, 5.74) is 0.927. The first-order valence-electron chi connectivity index (χ1n) is 6.92. The summed E-state index contributed by atoms with van der Waals surface area (Å²) in [4.78, 5) is 24.1. The summed E-state index contributed by atoms with van der Waals surface area (Å²) < 4.78 is 1.79. The number of nitrogens with zero attached hydrogens (tertiary/aromatic N) is 2. The second kappa shape index (κ2) is 6.71. The normalized spacial score (nSPS) is 11.0. The maximum atomic E-state index is 12.1. The van der Waals surface area contributed by atoms with Crippen molar-refractivity contribution < 1.29 is 14.7 Å². The number of aryl methyl sites for hydroxylation is 2. The average molecular weight is 309 g/mol. The molecule has 21 heavy (non-hydrogen) atoms. The highest BCUT2D eigenvalue weighted by Crippen LogP contribution is 2.27. The van der Waals surface area contributed by atoms with Crippen LogP contribution >= 0.6 is 11.3 Å². The first-order chi connectivity index (χ1) is 9.99. The van der Waals surface area contributed by atoms with Gasteiger partial charge in [0, 0.05) is 25.4 Å². The number of aliphatic carboxylic acids is 1. The van der Waals surface area contributed by atoms with Gasteiger partial charge in [0.05, 0.1) is 10.6 Å². The van der Waals surface area contributed by atoms with E-state index in [1.165, 1.54) is 11.3 Å². The van der Waals surface area contributed by atoms with Crippen molar-refractivity contribution in [2.24, 2.45) is 7.05 Å². The number of carboxylic acid groups (broad SMARTS) is 1. The first kappa shape index (κ1) is 15.5. The standard InChI is InChI=1S/C14H19N3O3S/c1-9-10-8-11(21-14(10)17(2)16-9)13(20)15-7-5-3-4-6-12(18)19/h8H,3-7H2,1-2H3,(H,15,20)(H,18,19). The summed E-state index contributed by atoms with van der Waals surface area (Å²) in [6.07, 6.45) is 2.45. The summed E-state index contributed by atoms with van der Waals surface area (Å²) in [5.74, 6) is -0.845. The van der Waals surface area contributed by atoms with Crippen molar-refractivity contribution in [2.75, 3.05) is 6.54 Å². The van der Waals surface area contributed by atoms with E-state index in [-0.39, 0.29) is 12.3 Å². The van der Waals surface area contributed by atoms with E-state index in [2.05, 4.69) is 10.4 Å². The van der Waals surface area contributed by atoms with Crippen molar-refractivity contribution in [3.05, 3.63) is 16.6 Å². The molecule has 0 radical (unpaired) electrons. The minimum absolute atomic E-state index is 0.0752. The van der Waals surface area contributed by atoms with E-state index < -0.39 is 5.97 Å². The van der Waals surface area contributed by atoms with Crippen molar-refractivity contribution in [2.45, 2.75) is 32.6 Å². The smallest absolute Gasteiger partial charge is 0.303 e. The van der Waals surface area contributed by atoms with Crippen LogP contribution in [0.3, 0.4) is 0 Å². The third-order valence-electron chi connectivity index (χ3n) is 3.27. The number of rotatable bonds is 7. The highest BCUT2D eigenvalue weighted by atomic mass is 32.1. The molecular weight excluding hydrogens is 290 g/mol. The lowest BCUT2D eigenvalue weighted by molar-refractivity contribution is -0.137. The van der Waals surface area contributed by atoms with Gasteiger partial charge in [-0.3, -0.25) is 14.3 Å². The number of nitrogens with one attached hydrogen (secondary N) is 1. The van der Waals surface area contributed by atoms with Crippen molar-refractivity contribution in [3.8, 4) is 0 Å². The molecule has 2 rings (SSSR count). The number of hydrogen-bond donors (Lipinski definition) is 2. The lowest BCUT2D eigenvalue weighted by atomic mass is 10.2. The maximum Gasteiger partial charge on any atom is 0.303 e. The molecule has 2 aromatic heterocycles. The molecule has 0 aromatic carbocycles. The Morgan fingerprint density at radius 1 is 1.38 bits per heavy atom. The number of carbonyl (C=O) groups excluding carboxylic acids is 1. The lowest BCUT2D eigenvalue weighted by Crippen LogP contribution is -2.23. The van der Waals surface area contributed by atoms with E-state index >= 15 is 0 Å². The molecule has 2 aromatic rings. The van der Waals surface area contributed by atoms with Crippen LogP contribution in [0.25, 0.3) is 10.2 Å². The average Bonchev–Trinajstić information content (AvgIpc) is 2.96. The van der Waals surface area contributed by atoms with Crippen molar-refractivity contribution >= 4 is 33.4 Å². The van der Waals surface area contributed by atoms with Crippen molar-refractivity contribution in [1.82, 2.24) is 15.1 Å². The maximum absolute atomic E-state index is 12.1. The van der Waals surface area contributed by atoms with Gasteiger partial charge in [-0.2, -0.15) is 5.10 Å². The summed E-state index contributed by atoms with van der Waals surface area (Å²) in [5, 5.41) is 16.7. The zero-order chi connectivity index (χ0) is 15.4. The summed E-state index contributed by atoms with van der Waals surface area (Å²) in [7, 11) is 1.87. The van der Waals surface area contributed by atoms with Crippen LogP contribution in [0.2, 0.25) is 0 Å². The van der Waals surface area contributed by atoms with Crippen LogP contribution in [-0.2, 0) is 11.8 Å². The van der Waals surface area contributed by atoms with Crippen LogP contribution in [0.1, 0.15) is 41.0 Å². The second-order valence-electron chi connectivity index (χ2n) is 5.00. The molecule has 0 saturated carbocycles. The molecule has 0 atom stereocenters. The van der Waals surface area contributed by atoms with Crippen LogP contribution < -0.4 is 5.32 Å². The fraction of sp³-hybridized carbons (Fsp3) is 0.500. The third kappa shape index (κ3) is 3.81. The van der Waals surface area contributed by atoms with E-state index in [0.29, 0.717) is 17.8 Å². The molecule has 0 aliphatic carbocycles. The molecule has 2 N–H and O–H groups in total. The third-order valence-corrected chi connectivity index (χ3v) is 4.47. The Bertz CT molecular complexity index is 625. The van der Waals surface area contributed by atoms with Gasteiger partial charge in [0.25, 0.3) is 5.91 Å². The topological polar surface area (TPSA) is 84.2 Å². The van der Waals surface area contributed by atoms with Gasteiger partial charge < -0.3 is 10.4 Å². The van der Waals surface area contributed by atoms with Gasteiger partial charge in [-0.05, 0) is 25.8 Å². The SMILES string of the molecule is Cc1nn(C)c2sc(C(=O)NCCCCCC(=O)O)cc12. The Balaban J connectivity index is 1.82. The number of carboxylic acids is 1. The molecule has 0 aliphatic rings. The number of hydrogen-bond acceptors (Lipinski definition) is 4. The molecule has 0 aliphatic heterocycles. The van der Waals surface area contributed by atoms with Gasteiger partial charge >= 0.3 is 5.97 Å². The lowest BCUT2D eigenvalue weighted by Gasteiger charge is -2.02. The van der Waals surface area contributed by atoms with Crippen LogP contribution in [0.4, 0.5) is 0 Å². The van der Waals surface area contributed by atoms with Gasteiger partial charge in [0.2, 0.25) is 0 Å². The monoisotopic (exact) mass is 309 g/mol. The van der Waals surface area contributed by atoms with Gasteiger partial charge in [0.15, 0.2) is 0 Å². The molecule has 7 heteroatoms. The predicted molar refractivity (Wildman–Crippen MR) is 81.8 cm³/mol. The Hall–Kier alpha value is -1.89. The fourth-order valence-corrected chi connectivity index (χ4v) is 3.22. The molecule has 1 amide bonds. The zero-order valence-corrected chi connectivity index (χ0v) is 13.0. The molecule has 114 valence electrons. The van der Waals surface area contributed by atoms with Crippen molar-refractivity contribution in [3.63, 3.8) is 0 Å². The van der Waals surface area contributed by atoms with Gasteiger partial charge in [0.1, 0.15) is 4.83 Å². The Labute approximate surface area is 126 Å². The fourth-order valence-electron chi connectivity index (χ4n) is 2.18. The summed E-state index contributed by atoms with van der Waals surface area (Å²) >= 11 is 1.44. The molecule has 0 unspecified atom stereocenters. The van der Waals surface area contributed by atoms with E-state index in [4.69, 9.17) is 5.11 Å². The predicted octanol–water partition coefficient (Wildman–Crippen LogP) is 2.32. The number of unbranched alkanes of at least 4 members (excludes halogenated alkanes) is 2. The number of amides is 1. The van der Waals surface area contributed by atoms with E-state index in [1.807, 2.05) is 20.0 Å². The van der Waals surface area contributed by atoms with Crippen LogP contribution in [0, 0.1) is 6.92 Å². The molecule has 6 nitrogen and oxygen atoms in total. The second-order valence-corrected chi connectivity index (χ2v) is 6.03. The minimum atomic E-state index is -0.770. The number of thiophene rings is 1. The number of fused-ring (bicyclic) bond motifs is 1. The largest absolute Gasteiger partial charge is 0.481 e. The quantitative estimate of drug-likeness (QED) is 0.769. The van der Waals surface area contributed by atoms with Crippen LogP contribution in [0.15, 0.2) is 6.07 Å². The summed E-state index contributed by atoms with van der Waals surface area (Å²) in [6, 6.07) is 1.88. The zero-order valence-electron chi connectivity index (χ0n) is 12.2. The first-order valence-corrected chi connectivity index (χ1v) is 7.74. The van der Waals surface area contributed by atoms with Crippen molar-refractivity contribution in [1.29, 1.82) is 0 Å². The Kier molecular flexibility index (Phi) is 4.95. The molecule has 0 bridgehead atoms. The molecule has 2 heterocycles. The molecule has 0 spiro atoms. The Morgan fingerprint density at radius 2 is 2.14 bits per heavy atom. The van der Waals surface area contributed by atoms with Gasteiger partial charge in [-0.15, -0.1) is 11.3 Å². The van der Waals surface area contributed by atoms with Crippen LogP contribution in [-0.4, -0.2) is 33.3 Å². The Morgan fingerprint density at radius 3 is 2.81 bits per heavy atom. The highest BCUT2D eigenvalue weighted by molar-refractivity contribution is 7.20. The summed E-state index contributed by atoms with van der Waals surface area (Å²) in [6.45, 7) is 2.50. The number of aromatic nitrogens is 2. The highest BCUT2D eigenvalue weighted by Gasteiger charge is 2.14.